The summed E-state index contributed by atoms with van der Waals surface area (Å²) in [6.45, 7) is 6.64. The van der Waals surface area contributed by atoms with E-state index in [0.717, 1.165) is 26.7 Å². The normalized spacial score (nSPS) is 17.3. The van der Waals surface area contributed by atoms with Crippen LogP contribution in [0.25, 0.3) is 11.3 Å². The van der Waals surface area contributed by atoms with E-state index < -0.39 is 15.7 Å². The monoisotopic (exact) mass is 599 g/mol. The van der Waals surface area contributed by atoms with Crippen molar-refractivity contribution in [3.8, 4) is 22.8 Å². The summed E-state index contributed by atoms with van der Waals surface area (Å²) in [6, 6.07) is 14.8. The van der Waals surface area contributed by atoms with Crippen LogP contribution in [0.4, 0.5) is 0 Å². The van der Waals surface area contributed by atoms with Gasteiger partial charge in [0.15, 0.2) is 11.5 Å². The van der Waals surface area contributed by atoms with E-state index in [-0.39, 0.29) is 31.0 Å². The standard InChI is InChI=1S/C28H30BrN3O5S/c1-28(2,3)38(35)32-15-19-13-21(27(34)30-14-17-7-8-23-24(11-17)37-16-36-23)31-26(25(19)22(32)9-10-33)18-5-4-6-20(29)12-18/h4-8,11-13,22,33H,9-10,14-16H2,1-3H3,(H,30,34)/t22?,38-/m1/s1. The van der Waals surface area contributed by atoms with E-state index >= 15 is 0 Å². The van der Waals surface area contributed by atoms with Gasteiger partial charge in [0.25, 0.3) is 5.91 Å². The van der Waals surface area contributed by atoms with Crippen LogP contribution in [-0.4, -0.2) is 42.7 Å². The highest BCUT2D eigenvalue weighted by Crippen LogP contribution is 2.44. The molecule has 2 aliphatic rings. The van der Waals surface area contributed by atoms with E-state index in [0.29, 0.717) is 36.7 Å². The summed E-state index contributed by atoms with van der Waals surface area (Å²) >= 11 is 3.54. The van der Waals surface area contributed by atoms with Gasteiger partial charge in [0.05, 0.1) is 16.5 Å². The summed E-state index contributed by atoms with van der Waals surface area (Å²) in [6.07, 6.45) is 0.410. The lowest BCUT2D eigenvalue weighted by Gasteiger charge is -2.30. The zero-order chi connectivity index (χ0) is 27.0. The molecule has 0 bridgehead atoms. The number of hydrogen-bond acceptors (Lipinski definition) is 6. The largest absolute Gasteiger partial charge is 0.454 e. The van der Waals surface area contributed by atoms with Crippen molar-refractivity contribution >= 4 is 32.8 Å². The van der Waals surface area contributed by atoms with Crippen LogP contribution < -0.4 is 14.8 Å². The first-order valence-corrected chi connectivity index (χ1v) is 14.3. The zero-order valence-corrected chi connectivity index (χ0v) is 23.9. The Kier molecular flexibility index (Phi) is 7.59. The summed E-state index contributed by atoms with van der Waals surface area (Å²) in [5, 5.41) is 12.9. The molecule has 2 N–H and O–H groups in total. The van der Waals surface area contributed by atoms with E-state index in [1.165, 1.54) is 0 Å². The molecule has 0 radical (unpaired) electrons. The molecule has 2 aromatic carbocycles. The molecule has 1 amide bonds. The van der Waals surface area contributed by atoms with Crippen molar-refractivity contribution in [3.63, 3.8) is 0 Å². The van der Waals surface area contributed by atoms with Crippen molar-refractivity contribution in [3.05, 3.63) is 75.4 Å². The number of nitrogens with one attached hydrogen (secondary N) is 1. The van der Waals surface area contributed by atoms with E-state index in [4.69, 9.17) is 14.5 Å². The Balaban J connectivity index is 1.51. The number of aliphatic hydroxyl groups excluding tert-OH is 1. The van der Waals surface area contributed by atoms with Crippen LogP contribution >= 0.6 is 15.9 Å². The van der Waals surface area contributed by atoms with Crippen LogP contribution in [0.15, 0.2) is 53.0 Å². The van der Waals surface area contributed by atoms with Crippen LogP contribution in [0.2, 0.25) is 0 Å². The Morgan fingerprint density at radius 1 is 1.18 bits per heavy atom. The minimum atomic E-state index is -1.32. The van der Waals surface area contributed by atoms with Crippen molar-refractivity contribution in [2.75, 3.05) is 13.4 Å². The molecule has 0 aliphatic carbocycles. The molecule has 2 aliphatic heterocycles. The van der Waals surface area contributed by atoms with Gasteiger partial charge in [-0.1, -0.05) is 34.1 Å². The van der Waals surface area contributed by atoms with Crippen molar-refractivity contribution in [2.24, 2.45) is 0 Å². The smallest absolute Gasteiger partial charge is 0.270 e. The molecule has 3 aromatic rings. The summed E-state index contributed by atoms with van der Waals surface area (Å²) < 4.78 is 26.6. The maximum atomic E-state index is 13.5. The third kappa shape index (κ3) is 5.36. The second-order valence-corrected chi connectivity index (χ2v) is 13.4. The quantitative estimate of drug-likeness (QED) is 0.402. The molecule has 0 fully saturated rings. The molecule has 0 saturated carbocycles. The summed E-state index contributed by atoms with van der Waals surface area (Å²) in [7, 11) is -1.32. The highest BCUT2D eigenvalue weighted by Gasteiger charge is 2.40. The second kappa shape index (κ2) is 10.8. The lowest BCUT2D eigenvalue weighted by Crippen LogP contribution is -2.36. The molecule has 5 rings (SSSR count). The van der Waals surface area contributed by atoms with Gasteiger partial charge >= 0.3 is 0 Å². The van der Waals surface area contributed by atoms with Gasteiger partial charge in [0.2, 0.25) is 6.79 Å². The number of halogens is 1. The number of pyridine rings is 1. The summed E-state index contributed by atoms with van der Waals surface area (Å²) in [4.78, 5) is 18.2. The van der Waals surface area contributed by atoms with Crippen molar-refractivity contribution < 1.29 is 23.6 Å². The fourth-order valence-electron chi connectivity index (χ4n) is 4.77. The minimum absolute atomic E-state index is 0.0579. The molecule has 8 nitrogen and oxygen atoms in total. The summed E-state index contributed by atoms with van der Waals surface area (Å²) in [5.74, 6) is 1.04. The first-order chi connectivity index (χ1) is 18.2. The van der Waals surface area contributed by atoms with Gasteiger partial charge < -0.3 is 19.9 Å². The average Bonchev–Trinajstić information content (AvgIpc) is 3.50. The number of nitrogens with zero attached hydrogens (tertiary/aromatic N) is 2. The van der Waals surface area contributed by atoms with Crippen molar-refractivity contribution in [1.29, 1.82) is 0 Å². The molecular formula is C28H30BrN3O5S. The number of fused-ring (bicyclic) bond motifs is 2. The van der Waals surface area contributed by atoms with E-state index in [1.807, 2.05) is 67.5 Å². The summed E-state index contributed by atoms with van der Waals surface area (Å²) in [5.41, 5.74) is 4.45. The van der Waals surface area contributed by atoms with Crippen molar-refractivity contribution in [1.82, 2.24) is 14.6 Å². The predicted molar refractivity (Wildman–Crippen MR) is 149 cm³/mol. The Hall–Kier alpha value is -2.79. The molecule has 2 atom stereocenters. The maximum absolute atomic E-state index is 13.5. The fraction of sp³-hybridized carbons (Fsp3) is 0.357. The number of amides is 1. The lowest BCUT2D eigenvalue weighted by atomic mass is 9.96. The highest BCUT2D eigenvalue weighted by atomic mass is 79.9. The third-order valence-corrected chi connectivity index (χ3v) is 8.86. The average molecular weight is 601 g/mol. The lowest BCUT2D eigenvalue weighted by molar-refractivity contribution is 0.0946. The molecular weight excluding hydrogens is 570 g/mol. The highest BCUT2D eigenvalue weighted by molar-refractivity contribution is 9.10. The number of rotatable bonds is 7. The number of aromatic nitrogens is 1. The minimum Gasteiger partial charge on any atom is -0.454 e. The van der Waals surface area contributed by atoms with Crippen molar-refractivity contribution in [2.45, 2.75) is 51.1 Å². The molecule has 200 valence electrons. The number of hydrogen-bond donors (Lipinski definition) is 2. The van der Waals surface area contributed by atoms with Gasteiger partial charge in [-0.15, -0.1) is 0 Å². The first kappa shape index (κ1) is 26.8. The van der Waals surface area contributed by atoms with Gasteiger partial charge in [-0.25, -0.2) is 13.5 Å². The van der Waals surface area contributed by atoms with Crippen LogP contribution in [0, 0.1) is 0 Å². The van der Waals surface area contributed by atoms with E-state index in [9.17, 15) is 14.1 Å². The van der Waals surface area contributed by atoms with Gasteiger partial charge in [0, 0.05) is 35.3 Å². The number of carbonyl (C=O) groups excluding carboxylic acids is 1. The Morgan fingerprint density at radius 3 is 2.71 bits per heavy atom. The predicted octanol–water partition coefficient (Wildman–Crippen LogP) is 4.87. The number of aliphatic hydroxyl groups is 1. The van der Waals surface area contributed by atoms with Gasteiger partial charge in [0.1, 0.15) is 16.7 Å². The molecule has 3 heterocycles. The molecule has 38 heavy (non-hydrogen) atoms. The zero-order valence-electron chi connectivity index (χ0n) is 21.5. The molecule has 1 unspecified atom stereocenters. The van der Waals surface area contributed by atoms with Gasteiger partial charge in [-0.3, -0.25) is 4.79 Å². The van der Waals surface area contributed by atoms with Crippen LogP contribution in [-0.2, 0) is 24.1 Å². The Bertz CT molecular complexity index is 1410. The second-order valence-electron chi connectivity index (χ2n) is 10.3. The molecule has 0 spiro atoms. The Morgan fingerprint density at radius 2 is 1.97 bits per heavy atom. The first-order valence-electron chi connectivity index (χ1n) is 12.4. The van der Waals surface area contributed by atoms with Crippen LogP contribution in [0.5, 0.6) is 11.5 Å². The Labute approximate surface area is 233 Å². The maximum Gasteiger partial charge on any atom is 0.270 e. The number of carbonyl (C=O) groups is 1. The van der Waals surface area contributed by atoms with Gasteiger partial charge in [-0.2, -0.15) is 0 Å². The molecule has 0 saturated heterocycles. The molecule has 10 heteroatoms. The third-order valence-electron chi connectivity index (χ3n) is 6.51. The van der Waals surface area contributed by atoms with Crippen LogP contribution in [0.3, 0.4) is 0 Å². The fourth-order valence-corrected chi connectivity index (χ4v) is 6.57. The molecule has 1 aromatic heterocycles. The topological polar surface area (TPSA) is 101 Å². The SMILES string of the molecule is CC(C)(C)[S@@](=O)N1Cc2cc(C(=O)NCc3ccc4c(c3)OCO4)nc(-c3cccc(Br)c3)c2C1CCO. The van der Waals surface area contributed by atoms with E-state index in [1.54, 1.807) is 6.07 Å². The van der Waals surface area contributed by atoms with Gasteiger partial charge in [-0.05, 0) is 68.7 Å². The van der Waals surface area contributed by atoms with E-state index in [2.05, 4.69) is 21.2 Å². The number of ether oxygens (including phenoxy) is 2. The van der Waals surface area contributed by atoms with Crippen LogP contribution in [0.1, 0.15) is 60.4 Å². The number of benzene rings is 2.